The van der Waals surface area contributed by atoms with Gasteiger partial charge in [0.1, 0.15) is 0 Å². The molecule has 0 saturated carbocycles. The van der Waals surface area contributed by atoms with Crippen molar-refractivity contribution in [1.29, 1.82) is 0 Å². The van der Waals surface area contributed by atoms with Crippen molar-refractivity contribution in [3.63, 3.8) is 0 Å². The van der Waals surface area contributed by atoms with Crippen LogP contribution in [0.2, 0.25) is 0 Å². The highest BCUT2D eigenvalue weighted by Gasteiger charge is 2.06. The highest BCUT2D eigenvalue weighted by molar-refractivity contribution is 5.87. The van der Waals surface area contributed by atoms with Crippen molar-refractivity contribution < 1.29 is 9.90 Å². The first kappa shape index (κ1) is 9.01. The van der Waals surface area contributed by atoms with Gasteiger partial charge in [-0.2, -0.15) is 0 Å². The van der Waals surface area contributed by atoms with E-state index in [-0.39, 0.29) is 0 Å². The zero-order valence-electron chi connectivity index (χ0n) is 6.56. The van der Waals surface area contributed by atoms with Crippen LogP contribution in [0.5, 0.6) is 0 Å². The lowest BCUT2D eigenvalue weighted by atomic mass is 10.1. The Labute approximate surface area is 60.7 Å². The number of nitrogens with one attached hydrogen (secondary N) is 1. The molecule has 0 rings (SSSR count). The van der Waals surface area contributed by atoms with Crippen molar-refractivity contribution in [2.75, 3.05) is 7.05 Å². The second kappa shape index (κ2) is 3.93. The largest absolute Gasteiger partial charge is 0.478 e. The molecular weight excluding hydrogens is 130 g/mol. The molecule has 58 valence electrons. The third-order valence-corrected chi connectivity index (χ3v) is 1.44. The second-order valence-corrected chi connectivity index (χ2v) is 2.01. The van der Waals surface area contributed by atoms with Crippen molar-refractivity contribution in [2.24, 2.45) is 0 Å². The van der Waals surface area contributed by atoms with Crippen LogP contribution in [0.1, 0.15) is 20.3 Å². The molecule has 0 amide bonds. The summed E-state index contributed by atoms with van der Waals surface area (Å²) >= 11 is 0. The summed E-state index contributed by atoms with van der Waals surface area (Å²) in [6, 6.07) is 0. The smallest absolute Gasteiger partial charge is 0.333 e. The van der Waals surface area contributed by atoms with E-state index in [2.05, 4.69) is 5.32 Å². The van der Waals surface area contributed by atoms with E-state index in [1.165, 1.54) is 0 Å². The minimum atomic E-state index is -0.839. The molecule has 0 radical (unpaired) electrons. The lowest BCUT2D eigenvalue weighted by Gasteiger charge is -2.03. The van der Waals surface area contributed by atoms with E-state index >= 15 is 0 Å². The number of carboxylic acids is 1. The fraction of sp³-hybridized carbons (Fsp3) is 0.571. The third-order valence-electron chi connectivity index (χ3n) is 1.44. The van der Waals surface area contributed by atoms with Crippen LogP contribution in [-0.2, 0) is 4.79 Å². The van der Waals surface area contributed by atoms with E-state index in [4.69, 9.17) is 5.11 Å². The maximum Gasteiger partial charge on any atom is 0.333 e. The van der Waals surface area contributed by atoms with Crippen LogP contribution in [0, 0.1) is 0 Å². The van der Waals surface area contributed by atoms with Gasteiger partial charge in [0.15, 0.2) is 0 Å². The number of allylic oxidation sites excluding steroid dienone is 1. The van der Waals surface area contributed by atoms with Gasteiger partial charge in [-0.1, -0.05) is 6.92 Å². The first-order chi connectivity index (χ1) is 4.63. The van der Waals surface area contributed by atoms with Gasteiger partial charge in [0.05, 0.1) is 5.57 Å². The number of carboxylic acid groups (broad SMARTS) is 1. The molecule has 3 nitrogen and oxygen atoms in total. The highest BCUT2D eigenvalue weighted by atomic mass is 16.4. The molecule has 0 unspecified atom stereocenters. The van der Waals surface area contributed by atoms with Gasteiger partial charge >= 0.3 is 5.97 Å². The molecule has 0 atom stereocenters. The Balaban J connectivity index is 4.45. The third kappa shape index (κ3) is 2.09. The van der Waals surface area contributed by atoms with Crippen molar-refractivity contribution >= 4 is 5.97 Å². The van der Waals surface area contributed by atoms with E-state index < -0.39 is 5.97 Å². The van der Waals surface area contributed by atoms with Crippen LogP contribution >= 0.6 is 0 Å². The van der Waals surface area contributed by atoms with Crippen LogP contribution in [0.4, 0.5) is 0 Å². The summed E-state index contributed by atoms with van der Waals surface area (Å²) in [4.78, 5) is 10.4. The summed E-state index contributed by atoms with van der Waals surface area (Å²) in [5.74, 6) is -0.839. The molecule has 0 fully saturated rings. The lowest BCUT2D eigenvalue weighted by Crippen LogP contribution is -2.11. The summed E-state index contributed by atoms with van der Waals surface area (Å²) in [5.41, 5.74) is 1.18. The zero-order chi connectivity index (χ0) is 8.15. The van der Waals surface area contributed by atoms with Gasteiger partial charge < -0.3 is 10.4 Å². The van der Waals surface area contributed by atoms with E-state index in [9.17, 15) is 4.79 Å². The molecule has 0 bridgehead atoms. The van der Waals surface area contributed by atoms with E-state index in [0.29, 0.717) is 12.0 Å². The first-order valence-electron chi connectivity index (χ1n) is 3.24. The van der Waals surface area contributed by atoms with Gasteiger partial charge in [-0.15, -0.1) is 0 Å². The Morgan fingerprint density at radius 1 is 1.60 bits per heavy atom. The number of carbonyl (C=O) groups is 1. The predicted molar refractivity (Wildman–Crippen MR) is 39.7 cm³/mol. The Bertz CT molecular complexity index is 161. The second-order valence-electron chi connectivity index (χ2n) is 2.01. The van der Waals surface area contributed by atoms with E-state index in [1.54, 1.807) is 14.0 Å². The van der Waals surface area contributed by atoms with Crippen LogP contribution < -0.4 is 5.32 Å². The molecule has 0 aliphatic rings. The number of hydrogen-bond donors (Lipinski definition) is 2. The van der Waals surface area contributed by atoms with Gasteiger partial charge in [0.25, 0.3) is 0 Å². The number of rotatable bonds is 3. The zero-order valence-corrected chi connectivity index (χ0v) is 6.56. The average Bonchev–Trinajstić information content (AvgIpc) is 1.88. The normalized spacial score (nSPS) is 12.3. The van der Waals surface area contributed by atoms with E-state index in [0.717, 1.165) is 5.70 Å². The van der Waals surface area contributed by atoms with Crippen molar-refractivity contribution in [2.45, 2.75) is 20.3 Å². The van der Waals surface area contributed by atoms with Gasteiger partial charge in [-0.25, -0.2) is 4.79 Å². The lowest BCUT2D eigenvalue weighted by molar-refractivity contribution is -0.132. The molecule has 3 heteroatoms. The molecule has 0 heterocycles. The van der Waals surface area contributed by atoms with Crippen molar-refractivity contribution in [3.05, 3.63) is 11.3 Å². The molecule has 0 spiro atoms. The standard InChI is InChI=1S/C7H13NO2/c1-4-6(7(9)10)5(2)8-3/h8H,4H2,1-3H3,(H,9,10). The summed E-state index contributed by atoms with van der Waals surface area (Å²) in [6.07, 6.45) is 0.558. The molecule has 0 saturated heterocycles. The Kier molecular flexibility index (Phi) is 3.54. The van der Waals surface area contributed by atoms with Crippen LogP contribution in [0.3, 0.4) is 0 Å². The summed E-state index contributed by atoms with van der Waals surface area (Å²) in [5, 5.41) is 11.4. The molecule has 0 aromatic carbocycles. The van der Waals surface area contributed by atoms with Crippen LogP contribution in [0.25, 0.3) is 0 Å². The average molecular weight is 143 g/mol. The fourth-order valence-corrected chi connectivity index (χ4v) is 0.728. The molecular formula is C7H13NO2. The number of hydrogen-bond acceptors (Lipinski definition) is 2. The predicted octanol–water partition coefficient (Wildman–Crippen LogP) is 0.974. The topological polar surface area (TPSA) is 49.3 Å². The van der Waals surface area contributed by atoms with E-state index in [1.807, 2.05) is 6.92 Å². The quantitative estimate of drug-likeness (QED) is 0.579. The maximum atomic E-state index is 10.4. The summed E-state index contributed by atoms with van der Waals surface area (Å²) in [6.45, 7) is 3.58. The Morgan fingerprint density at radius 2 is 2.10 bits per heavy atom. The minimum Gasteiger partial charge on any atom is -0.478 e. The monoisotopic (exact) mass is 143 g/mol. The first-order valence-corrected chi connectivity index (χ1v) is 3.24. The van der Waals surface area contributed by atoms with Gasteiger partial charge in [0, 0.05) is 12.7 Å². The summed E-state index contributed by atoms with van der Waals surface area (Å²) in [7, 11) is 1.72. The van der Waals surface area contributed by atoms with Gasteiger partial charge in [-0.05, 0) is 13.3 Å². The Hall–Kier alpha value is -0.990. The van der Waals surface area contributed by atoms with Crippen LogP contribution in [-0.4, -0.2) is 18.1 Å². The molecule has 0 aromatic rings. The molecule has 10 heavy (non-hydrogen) atoms. The molecule has 2 N–H and O–H groups in total. The van der Waals surface area contributed by atoms with Crippen molar-refractivity contribution in [1.82, 2.24) is 5.32 Å². The van der Waals surface area contributed by atoms with Crippen molar-refractivity contribution in [3.8, 4) is 0 Å². The van der Waals surface area contributed by atoms with Gasteiger partial charge in [-0.3, -0.25) is 0 Å². The maximum absolute atomic E-state index is 10.4. The molecule has 0 aliphatic heterocycles. The SMILES string of the molecule is CCC(C(=O)O)=C(C)NC. The van der Waals surface area contributed by atoms with Crippen LogP contribution in [0.15, 0.2) is 11.3 Å². The Morgan fingerprint density at radius 3 is 2.20 bits per heavy atom. The fourth-order valence-electron chi connectivity index (χ4n) is 0.728. The number of aliphatic carboxylic acids is 1. The molecule has 0 aliphatic carbocycles. The minimum absolute atomic E-state index is 0.447. The highest BCUT2D eigenvalue weighted by Crippen LogP contribution is 2.04. The summed E-state index contributed by atoms with van der Waals surface area (Å²) < 4.78 is 0. The van der Waals surface area contributed by atoms with Gasteiger partial charge in [0.2, 0.25) is 0 Å². The molecule has 0 aromatic heterocycles.